The summed E-state index contributed by atoms with van der Waals surface area (Å²) in [5.41, 5.74) is -0.340. The van der Waals surface area contributed by atoms with Crippen LogP contribution in [0.1, 0.15) is 32.6 Å². The molecule has 3 N–H and O–H groups in total. The van der Waals surface area contributed by atoms with Gasteiger partial charge in [0.15, 0.2) is 0 Å². The van der Waals surface area contributed by atoms with Gasteiger partial charge in [-0.3, -0.25) is 4.79 Å². The van der Waals surface area contributed by atoms with Gasteiger partial charge in [0.05, 0.1) is 18.1 Å². The van der Waals surface area contributed by atoms with E-state index in [1.807, 2.05) is 6.92 Å². The Kier molecular flexibility index (Phi) is 5.19. The molecule has 2 fully saturated rings. The number of aliphatic hydroxyl groups excluding tert-OH is 1. The maximum atomic E-state index is 12.1. The number of amides is 1. The third-order valence-corrected chi connectivity index (χ3v) is 4.00. The number of piperidine rings is 1. The first-order chi connectivity index (χ1) is 9.10. The van der Waals surface area contributed by atoms with Crippen LogP contribution in [0.2, 0.25) is 0 Å². The van der Waals surface area contributed by atoms with Crippen molar-refractivity contribution in [1.82, 2.24) is 10.6 Å². The summed E-state index contributed by atoms with van der Waals surface area (Å²) in [6.45, 7) is 5.01. The fourth-order valence-corrected chi connectivity index (χ4v) is 2.39. The van der Waals surface area contributed by atoms with Gasteiger partial charge in [-0.2, -0.15) is 0 Å². The van der Waals surface area contributed by atoms with Crippen LogP contribution >= 0.6 is 0 Å². The van der Waals surface area contributed by atoms with Crippen LogP contribution in [0, 0.1) is 11.3 Å². The van der Waals surface area contributed by atoms with Gasteiger partial charge in [0, 0.05) is 19.7 Å². The van der Waals surface area contributed by atoms with Crippen molar-refractivity contribution in [2.75, 3.05) is 32.8 Å². The lowest BCUT2D eigenvalue weighted by molar-refractivity contribution is -0.131. The molecule has 19 heavy (non-hydrogen) atoms. The molecule has 1 saturated heterocycles. The second-order valence-corrected chi connectivity index (χ2v) is 6.19. The zero-order valence-corrected chi connectivity index (χ0v) is 11.8. The number of hydrogen-bond donors (Lipinski definition) is 3. The number of hydrogen-bond acceptors (Lipinski definition) is 4. The van der Waals surface area contributed by atoms with Crippen molar-refractivity contribution in [2.24, 2.45) is 11.3 Å². The van der Waals surface area contributed by atoms with Crippen LogP contribution in [-0.4, -0.2) is 50.0 Å². The molecule has 1 saturated carbocycles. The fraction of sp³-hybridized carbons (Fsp3) is 0.929. The fourth-order valence-electron chi connectivity index (χ4n) is 2.39. The molecule has 2 aliphatic rings. The molecule has 5 heteroatoms. The molecule has 2 rings (SSSR count). The molecule has 1 heterocycles. The SMILES string of the molecule is CC1(C(=O)NCC(O)COCC2CC2)CCCNC1. The highest BCUT2D eigenvalue weighted by molar-refractivity contribution is 5.82. The second-order valence-electron chi connectivity index (χ2n) is 6.19. The number of aliphatic hydroxyl groups is 1. The highest BCUT2D eigenvalue weighted by Gasteiger charge is 2.34. The lowest BCUT2D eigenvalue weighted by Gasteiger charge is -2.32. The van der Waals surface area contributed by atoms with E-state index in [9.17, 15) is 9.90 Å². The predicted molar refractivity (Wildman–Crippen MR) is 72.8 cm³/mol. The van der Waals surface area contributed by atoms with Gasteiger partial charge in [0.1, 0.15) is 0 Å². The molecule has 2 unspecified atom stereocenters. The minimum atomic E-state index is -0.608. The van der Waals surface area contributed by atoms with Gasteiger partial charge < -0.3 is 20.5 Å². The summed E-state index contributed by atoms with van der Waals surface area (Å²) >= 11 is 0. The quantitative estimate of drug-likeness (QED) is 0.621. The number of ether oxygens (including phenoxy) is 1. The van der Waals surface area contributed by atoms with Crippen molar-refractivity contribution in [3.05, 3.63) is 0 Å². The summed E-state index contributed by atoms with van der Waals surface area (Å²) < 4.78 is 5.41. The zero-order chi connectivity index (χ0) is 13.7. The lowest BCUT2D eigenvalue weighted by Crippen LogP contribution is -2.50. The minimum Gasteiger partial charge on any atom is -0.389 e. The Morgan fingerprint density at radius 3 is 3.00 bits per heavy atom. The topological polar surface area (TPSA) is 70.6 Å². The van der Waals surface area contributed by atoms with Crippen molar-refractivity contribution >= 4 is 5.91 Å². The van der Waals surface area contributed by atoms with E-state index in [2.05, 4.69) is 10.6 Å². The molecule has 0 aromatic heterocycles. The smallest absolute Gasteiger partial charge is 0.227 e. The van der Waals surface area contributed by atoms with Crippen molar-refractivity contribution in [1.29, 1.82) is 0 Å². The molecular weight excluding hydrogens is 244 g/mol. The van der Waals surface area contributed by atoms with Crippen LogP contribution in [0.25, 0.3) is 0 Å². The van der Waals surface area contributed by atoms with Crippen molar-refractivity contribution in [3.8, 4) is 0 Å². The van der Waals surface area contributed by atoms with Crippen molar-refractivity contribution < 1.29 is 14.6 Å². The lowest BCUT2D eigenvalue weighted by atomic mass is 9.82. The largest absolute Gasteiger partial charge is 0.389 e. The first kappa shape index (κ1) is 14.8. The second kappa shape index (κ2) is 6.68. The third-order valence-electron chi connectivity index (χ3n) is 4.00. The normalized spacial score (nSPS) is 28.9. The van der Waals surface area contributed by atoms with Crippen LogP contribution in [0.15, 0.2) is 0 Å². The summed E-state index contributed by atoms with van der Waals surface area (Å²) in [4.78, 5) is 12.1. The number of nitrogens with one attached hydrogen (secondary N) is 2. The van der Waals surface area contributed by atoms with Gasteiger partial charge in [-0.15, -0.1) is 0 Å². The average Bonchev–Trinajstić information content (AvgIpc) is 3.21. The van der Waals surface area contributed by atoms with Crippen LogP contribution in [0.5, 0.6) is 0 Å². The summed E-state index contributed by atoms with van der Waals surface area (Å²) in [5, 5.41) is 15.8. The van der Waals surface area contributed by atoms with E-state index in [0.29, 0.717) is 19.1 Å². The molecule has 5 nitrogen and oxygen atoms in total. The van der Waals surface area contributed by atoms with Crippen molar-refractivity contribution in [3.63, 3.8) is 0 Å². The Morgan fingerprint density at radius 1 is 1.58 bits per heavy atom. The van der Waals surface area contributed by atoms with Gasteiger partial charge >= 0.3 is 0 Å². The van der Waals surface area contributed by atoms with E-state index >= 15 is 0 Å². The van der Waals surface area contributed by atoms with Crippen LogP contribution in [0.3, 0.4) is 0 Å². The Balaban J connectivity index is 1.61. The van der Waals surface area contributed by atoms with E-state index in [1.54, 1.807) is 0 Å². The Labute approximate surface area is 115 Å². The first-order valence-corrected chi connectivity index (χ1v) is 7.35. The molecule has 2 atom stereocenters. The van der Waals surface area contributed by atoms with E-state index < -0.39 is 6.10 Å². The molecule has 0 radical (unpaired) electrons. The van der Waals surface area contributed by atoms with E-state index in [4.69, 9.17) is 4.74 Å². The van der Waals surface area contributed by atoms with Gasteiger partial charge in [0.25, 0.3) is 0 Å². The standard InChI is InChI=1S/C14H26N2O3/c1-14(5-2-6-15-10-14)13(18)16-7-12(17)9-19-8-11-3-4-11/h11-12,15,17H,2-10H2,1H3,(H,16,18). The van der Waals surface area contributed by atoms with Gasteiger partial charge in [-0.1, -0.05) is 0 Å². The molecule has 0 aromatic rings. The molecule has 0 spiro atoms. The molecule has 0 bridgehead atoms. The molecule has 0 aromatic carbocycles. The average molecular weight is 270 g/mol. The predicted octanol–water partition coefficient (Wildman–Crippen LogP) is 0.280. The molecule has 110 valence electrons. The maximum absolute atomic E-state index is 12.1. The number of carbonyl (C=O) groups is 1. The highest BCUT2D eigenvalue weighted by Crippen LogP contribution is 2.28. The van der Waals surface area contributed by atoms with Gasteiger partial charge in [-0.25, -0.2) is 0 Å². The molecule has 1 amide bonds. The molecule has 1 aliphatic heterocycles. The van der Waals surface area contributed by atoms with E-state index in [0.717, 1.165) is 26.0 Å². The Hall–Kier alpha value is -0.650. The summed E-state index contributed by atoms with van der Waals surface area (Å²) in [7, 11) is 0. The summed E-state index contributed by atoms with van der Waals surface area (Å²) in [5.74, 6) is 0.731. The summed E-state index contributed by atoms with van der Waals surface area (Å²) in [6, 6.07) is 0. The third kappa shape index (κ3) is 4.75. The minimum absolute atomic E-state index is 0.0287. The van der Waals surface area contributed by atoms with Crippen LogP contribution in [0.4, 0.5) is 0 Å². The Bertz CT molecular complexity index is 299. The van der Waals surface area contributed by atoms with Crippen molar-refractivity contribution in [2.45, 2.75) is 38.7 Å². The number of rotatable bonds is 7. The zero-order valence-electron chi connectivity index (χ0n) is 11.8. The monoisotopic (exact) mass is 270 g/mol. The van der Waals surface area contributed by atoms with Crippen LogP contribution < -0.4 is 10.6 Å². The van der Waals surface area contributed by atoms with E-state index in [1.165, 1.54) is 12.8 Å². The maximum Gasteiger partial charge on any atom is 0.227 e. The van der Waals surface area contributed by atoms with Gasteiger partial charge in [0.2, 0.25) is 5.91 Å². The van der Waals surface area contributed by atoms with Crippen LogP contribution in [-0.2, 0) is 9.53 Å². The van der Waals surface area contributed by atoms with Gasteiger partial charge in [-0.05, 0) is 45.1 Å². The summed E-state index contributed by atoms with van der Waals surface area (Å²) in [6.07, 6.45) is 3.82. The number of carbonyl (C=O) groups excluding carboxylic acids is 1. The Morgan fingerprint density at radius 2 is 2.37 bits per heavy atom. The molecule has 1 aliphatic carbocycles. The molecular formula is C14H26N2O3. The highest BCUT2D eigenvalue weighted by atomic mass is 16.5. The van der Waals surface area contributed by atoms with E-state index in [-0.39, 0.29) is 17.9 Å². The first-order valence-electron chi connectivity index (χ1n) is 7.35.